The van der Waals surface area contributed by atoms with Gasteiger partial charge in [0.1, 0.15) is 17.2 Å². The third-order valence-electron chi connectivity index (χ3n) is 6.81. The number of amides is 1. The second kappa shape index (κ2) is 12.9. The highest BCUT2D eigenvalue weighted by molar-refractivity contribution is 5.70. The average Bonchev–Trinajstić information content (AvgIpc) is 2.97. The molecule has 0 saturated carbocycles. The van der Waals surface area contributed by atoms with E-state index in [9.17, 15) is 4.79 Å². The molecule has 1 amide bonds. The molecular formula is C32H33N3O4. The number of pyridine rings is 2. The molecule has 0 N–H and O–H groups in total. The van der Waals surface area contributed by atoms with Crippen LogP contribution in [0.25, 0.3) is 0 Å². The van der Waals surface area contributed by atoms with Crippen molar-refractivity contribution in [2.24, 2.45) is 5.92 Å². The quantitative estimate of drug-likeness (QED) is 0.244. The number of ether oxygens (including phenoxy) is 3. The van der Waals surface area contributed by atoms with Gasteiger partial charge >= 0.3 is 6.09 Å². The molecule has 7 heteroatoms. The highest BCUT2D eigenvalue weighted by Crippen LogP contribution is 2.24. The minimum absolute atomic E-state index is 0.297. The Bertz CT molecular complexity index is 1340. The number of hydrogen-bond donors (Lipinski definition) is 0. The summed E-state index contributed by atoms with van der Waals surface area (Å²) in [6.45, 7) is 4.01. The van der Waals surface area contributed by atoms with Crippen molar-refractivity contribution < 1.29 is 19.0 Å². The lowest BCUT2D eigenvalue weighted by Gasteiger charge is -2.31. The van der Waals surface area contributed by atoms with E-state index in [2.05, 4.69) is 23.0 Å². The van der Waals surface area contributed by atoms with Gasteiger partial charge in [-0.15, -0.1) is 0 Å². The molecule has 1 aliphatic rings. The van der Waals surface area contributed by atoms with E-state index in [1.54, 1.807) is 11.1 Å². The van der Waals surface area contributed by atoms with Gasteiger partial charge in [0.05, 0.1) is 6.61 Å². The number of benzene rings is 2. The van der Waals surface area contributed by atoms with Crippen LogP contribution < -0.4 is 14.2 Å². The van der Waals surface area contributed by atoms with Crippen LogP contribution in [0.1, 0.15) is 29.7 Å². The fourth-order valence-electron chi connectivity index (χ4n) is 4.53. The lowest BCUT2D eigenvalue weighted by Crippen LogP contribution is -2.41. The fourth-order valence-corrected chi connectivity index (χ4v) is 4.53. The van der Waals surface area contributed by atoms with Crippen LogP contribution in [0.2, 0.25) is 0 Å². The number of rotatable bonds is 9. The van der Waals surface area contributed by atoms with Crippen molar-refractivity contribution in [1.29, 1.82) is 0 Å². The average molecular weight is 524 g/mol. The van der Waals surface area contributed by atoms with Crippen molar-refractivity contribution in [1.82, 2.24) is 14.9 Å². The zero-order valence-corrected chi connectivity index (χ0v) is 22.2. The number of nitrogens with zero attached hydrogens (tertiary/aromatic N) is 3. The molecule has 0 radical (unpaired) electrons. The summed E-state index contributed by atoms with van der Waals surface area (Å²) in [5.41, 5.74) is 3.50. The van der Waals surface area contributed by atoms with Gasteiger partial charge in [-0.05, 0) is 104 Å². The molecule has 39 heavy (non-hydrogen) atoms. The van der Waals surface area contributed by atoms with Gasteiger partial charge < -0.3 is 19.1 Å². The first kappa shape index (κ1) is 26.2. The second-order valence-electron chi connectivity index (χ2n) is 9.82. The van der Waals surface area contributed by atoms with Crippen molar-refractivity contribution >= 4 is 6.09 Å². The fraction of sp³-hybridized carbons (Fsp3) is 0.281. The Kier molecular flexibility index (Phi) is 8.68. The predicted octanol–water partition coefficient (Wildman–Crippen LogP) is 6.65. The van der Waals surface area contributed by atoms with Gasteiger partial charge in [-0.25, -0.2) is 9.78 Å². The third kappa shape index (κ3) is 7.80. The number of piperidine rings is 1. The molecule has 0 aliphatic carbocycles. The highest BCUT2D eigenvalue weighted by Gasteiger charge is 2.24. The van der Waals surface area contributed by atoms with Gasteiger partial charge in [-0.3, -0.25) is 4.98 Å². The molecule has 1 aliphatic heterocycles. The van der Waals surface area contributed by atoms with Crippen molar-refractivity contribution in [3.8, 4) is 23.1 Å². The molecule has 4 aromatic rings. The maximum Gasteiger partial charge on any atom is 0.415 e. The molecular weight excluding hydrogens is 490 g/mol. The van der Waals surface area contributed by atoms with Crippen LogP contribution in [0.3, 0.4) is 0 Å². The van der Waals surface area contributed by atoms with Crippen molar-refractivity contribution in [2.45, 2.75) is 32.6 Å². The van der Waals surface area contributed by atoms with Crippen LogP contribution in [0, 0.1) is 12.8 Å². The monoisotopic (exact) mass is 523 g/mol. The molecule has 5 rings (SSSR count). The zero-order chi connectivity index (χ0) is 26.9. The van der Waals surface area contributed by atoms with Gasteiger partial charge in [0.25, 0.3) is 0 Å². The van der Waals surface area contributed by atoms with E-state index >= 15 is 0 Å². The van der Waals surface area contributed by atoms with Crippen LogP contribution in [0.5, 0.6) is 23.1 Å². The lowest BCUT2D eigenvalue weighted by molar-refractivity contribution is 0.117. The molecule has 1 fully saturated rings. The predicted molar refractivity (Wildman–Crippen MR) is 149 cm³/mol. The second-order valence-corrected chi connectivity index (χ2v) is 9.82. The standard InChI is InChI=1S/C32H33N3O4/c1-24-15-19-33-27(22-24)8-5-25-6-9-30(10-7-25)39-32(36)35-20-16-26(17-21-35)23-37-28-11-13-29(14-12-28)38-31-4-2-3-18-34-31/h2-4,6-7,9-15,18-19,22,26H,5,8,16-17,20-21,23H2,1H3. The van der Waals surface area contributed by atoms with E-state index in [0.29, 0.717) is 43.0 Å². The highest BCUT2D eigenvalue weighted by atomic mass is 16.6. The summed E-state index contributed by atoms with van der Waals surface area (Å²) in [6.07, 6.45) is 6.78. The van der Waals surface area contributed by atoms with Crippen LogP contribution in [0.15, 0.2) is 91.3 Å². The van der Waals surface area contributed by atoms with E-state index in [-0.39, 0.29) is 6.09 Å². The number of likely N-dealkylation sites (tertiary alicyclic amines) is 1. The van der Waals surface area contributed by atoms with E-state index in [0.717, 1.165) is 37.1 Å². The number of aryl methyl sites for hydroxylation is 3. The molecule has 200 valence electrons. The Hall–Kier alpha value is -4.39. The van der Waals surface area contributed by atoms with Crippen LogP contribution in [0.4, 0.5) is 4.79 Å². The third-order valence-corrected chi connectivity index (χ3v) is 6.81. The Balaban J connectivity index is 1.01. The van der Waals surface area contributed by atoms with Crippen molar-refractivity contribution in [3.63, 3.8) is 0 Å². The summed E-state index contributed by atoms with van der Waals surface area (Å²) < 4.78 is 17.4. The first-order chi connectivity index (χ1) is 19.1. The normalized spacial score (nSPS) is 13.6. The number of carbonyl (C=O) groups is 1. The molecule has 3 heterocycles. The Labute approximate surface area is 229 Å². The van der Waals surface area contributed by atoms with Crippen molar-refractivity contribution in [3.05, 3.63) is 108 Å². The minimum Gasteiger partial charge on any atom is -0.493 e. The maximum atomic E-state index is 12.7. The smallest absolute Gasteiger partial charge is 0.415 e. The number of hydrogen-bond acceptors (Lipinski definition) is 6. The molecule has 2 aromatic heterocycles. The lowest BCUT2D eigenvalue weighted by atomic mass is 9.98. The molecule has 2 aromatic carbocycles. The first-order valence-corrected chi connectivity index (χ1v) is 13.4. The van der Waals surface area contributed by atoms with Crippen LogP contribution in [-0.2, 0) is 12.8 Å². The molecule has 0 unspecified atom stereocenters. The Morgan fingerprint density at radius 2 is 1.59 bits per heavy atom. The van der Waals surface area contributed by atoms with Gasteiger partial charge in [0, 0.05) is 37.2 Å². The van der Waals surface area contributed by atoms with E-state index < -0.39 is 0 Å². The van der Waals surface area contributed by atoms with Gasteiger partial charge in [0.2, 0.25) is 5.88 Å². The van der Waals surface area contributed by atoms with Gasteiger partial charge in [0.15, 0.2) is 0 Å². The largest absolute Gasteiger partial charge is 0.493 e. The minimum atomic E-state index is -0.297. The first-order valence-electron chi connectivity index (χ1n) is 13.4. The van der Waals surface area contributed by atoms with Crippen LogP contribution >= 0.6 is 0 Å². The molecule has 7 nitrogen and oxygen atoms in total. The van der Waals surface area contributed by atoms with Gasteiger partial charge in [-0.2, -0.15) is 0 Å². The van der Waals surface area contributed by atoms with E-state index in [4.69, 9.17) is 14.2 Å². The topological polar surface area (TPSA) is 73.8 Å². The summed E-state index contributed by atoms with van der Waals surface area (Å²) >= 11 is 0. The molecule has 1 saturated heterocycles. The summed E-state index contributed by atoms with van der Waals surface area (Å²) in [5.74, 6) is 3.02. The molecule has 0 atom stereocenters. The SMILES string of the molecule is Cc1ccnc(CCc2ccc(OC(=O)N3CCC(COc4ccc(Oc5ccccn5)cc4)CC3)cc2)c1. The number of aromatic nitrogens is 2. The Morgan fingerprint density at radius 3 is 2.31 bits per heavy atom. The van der Waals surface area contributed by atoms with Gasteiger partial charge in [-0.1, -0.05) is 18.2 Å². The number of carbonyl (C=O) groups excluding carboxylic acids is 1. The zero-order valence-electron chi connectivity index (χ0n) is 22.2. The van der Waals surface area contributed by atoms with E-state index in [1.807, 2.05) is 79.0 Å². The molecule has 0 bridgehead atoms. The van der Waals surface area contributed by atoms with Crippen LogP contribution in [-0.4, -0.2) is 40.7 Å². The summed E-state index contributed by atoms with van der Waals surface area (Å²) in [5, 5.41) is 0. The summed E-state index contributed by atoms with van der Waals surface area (Å²) in [7, 11) is 0. The van der Waals surface area contributed by atoms with Crippen molar-refractivity contribution in [2.75, 3.05) is 19.7 Å². The van der Waals surface area contributed by atoms with E-state index in [1.165, 1.54) is 11.1 Å². The summed E-state index contributed by atoms with van der Waals surface area (Å²) in [6, 6.07) is 25.0. The molecule has 0 spiro atoms. The summed E-state index contributed by atoms with van der Waals surface area (Å²) in [4.78, 5) is 23.1. The Morgan fingerprint density at radius 1 is 0.846 bits per heavy atom. The maximum absolute atomic E-state index is 12.7.